The third kappa shape index (κ3) is 2.38. The van der Waals surface area contributed by atoms with Gasteiger partial charge in [-0.15, -0.1) is 0 Å². The summed E-state index contributed by atoms with van der Waals surface area (Å²) in [5.74, 6) is 0.855. The number of aromatic nitrogens is 3. The Balaban J connectivity index is 1.88. The van der Waals surface area contributed by atoms with E-state index in [1.165, 1.54) is 11.1 Å². The maximum atomic E-state index is 4.31. The van der Waals surface area contributed by atoms with Crippen LogP contribution in [-0.4, -0.2) is 15.0 Å². The third-order valence-corrected chi connectivity index (χ3v) is 3.14. The highest BCUT2D eigenvalue weighted by atomic mass is 15.0. The molecule has 94 valence electrons. The average Bonchev–Trinajstić information content (AvgIpc) is 2.46. The van der Waals surface area contributed by atoms with Gasteiger partial charge in [0.25, 0.3) is 0 Å². The smallest absolute Gasteiger partial charge is 0.137 e. The zero-order chi connectivity index (χ0) is 13.1. The molecule has 0 saturated heterocycles. The van der Waals surface area contributed by atoms with Crippen LogP contribution in [0.5, 0.6) is 0 Å². The molecule has 0 spiro atoms. The summed E-state index contributed by atoms with van der Waals surface area (Å²) in [6.07, 6.45) is 5.27. The molecule has 0 aliphatic rings. The first-order valence-corrected chi connectivity index (χ1v) is 6.18. The molecule has 0 amide bonds. The number of nitrogens with zero attached hydrogens (tertiary/aromatic N) is 3. The molecule has 19 heavy (non-hydrogen) atoms. The minimum atomic E-state index is 0.709. The monoisotopic (exact) mass is 250 g/mol. The van der Waals surface area contributed by atoms with E-state index in [2.05, 4.69) is 27.2 Å². The van der Waals surface area contributed by atoms with E-state index in [0.29, 0.717) is 6.54 Å². The van der Waals surface area contributed by atoms with Crippen molar-refractivity contribution in [2.45, 2.75) is 13.5 Å². The second-order valence-electron chi connectivity index (χ2n) is 4.40. The predicted octanol–water partition coefficient (Wildman–Crippen LogP) is 2.95. The van der Waals surface area contributed by atoms with Gasteiger partial charge in [0.05, 0.1) is 5.52 Å². The molecule has 1 N–H and O–H groups in total. The number of pyridine rings is 1. The first kappa shape index (κ1) is 11.6. The highest BCUT2D eigenvalue weighted by Crippen LogP contribution is 2.19. The van der Waals surface area contributed by atoms with Gasteiger partial charge in [0.1, 0.15) is 12.1 Å². The Morgan fingerprint density at radius 3 is 2.89 bits per heavy atom. The van der Waals surface area contributed by atoms with Gasteiger partial charge >= 0.3 is 0 Å². The molecule has 2 aromatic heterocycles. The van der Waals surface area contributed by atoms with Crippen molar-refractivity contribution in [3.05, 3.63) is 60.2 Å². The van der Waals surface area contributed by atoms with Crippen LogP contribution in [0.15, 0.2) is 49.1 Å². The maximum absolute atomic E-state index is 4.31. The minimum absolute atomic E-state index is 0.709. The number of aryl methyl sites for hydroxylation is 1. The number of anilines is 1. The van der Waals surface area contributed by atoms with E-state index in [-0.39, 0.29) is 0 Å². The van der Waals surface area contributed by atoms with Crippen molar-refractivity contribution in [3.63, 3.8) is 0 Å². The second kappa shape index (κ2) is 5.02. The van der Waals surface area contributed by atoms with Gasteiger partial charge in [0.2, 0.25) is 0 Å². The number of nitrogens with one attached hydrogen (secondary N) is 1. The maximum Gasteiger partial charge on any atom is 0.137 e. The molecule has 0 atom stereocenters. The first-order valence-electron chi connectivity index (χ1n) is 6.18. The molecule has 3 rings (SSSR count). The Bertz CT molecular complexity index is 704. The largest absolute Gasteiger partial charge is 0.365 e. The van der Waals surface area contributed by atoms with Crippen LogP contribution in [-0.2, 0) is 6.54 Å². The summed E-state index contributed by atoms with van der Waals surface area (Å²) in [7, 11) is 0. The Kier molecular flexibility index (Phi) is 3.06. The van der Waals surface area contributed by atoms with Crippen LogP contribution in [0.25, 0.3) is 10.9 Å². The number of hydrogen-bond donors (Lipinski definition) is 1. The Morgan fingerprint density at radius 2 is 2.00 bits per heavy atom. The lowest BCUT2D eigenvalue weighted by Gasteiger charge is -2.09. The van der Waals surface area contributed by atoms with Crippen molar-refractivity contribution in [3.8, 4) is 0 Å². The average molecular weight is 250 g/mol. The van der Waals surface area contributed by atoms with Gasteiger partial charge < -0.3 is 5.32 Å². The Labute approximate surface area is 111 Å². The number of fused-ring (bicyclic) bond motifs is 1. The molecule has 0 fully saturated rings. The van der Waals surface area contributed by atoms with Gasteiger partial charge in [-0.1, -0.05) is 12.1 Å². The molecule has 0 unspecified atom stereocenters. The standard InChI is InChI=1S/C15H14N4/c1-11-6-7-16-8-12(11)9-17-15-13-4-2-3-5-14(13)18-10-19-15/h2-8,10H,9H2,1H3,(H,17,18,19). The van der Waals surface area contributed by atoms with Gasteiger partial charge in [0, 0.05) is 24.3 Å². The molecule has 2 heterocycles. The van der Waals surface area contributed by atoms with Crippen LogP contribution in [0, 0.1) is 6.92 Å². The predicted molar refractivity (Wildman–Crippen MR) is 75.8 cm³/mol. The van der Waals surface area contributed by atoms with Crippen LogP contribution in [0.2, 0.25) is 0 Å². The number of hydrogen-bond acceptors (Lipinski definition) is 4. The molecule has 3 aromatic rings. The highest BCUT2D eigenvalue weighted by Gasteiger charge is 2.03. The molecule has 0 aliphatic carbocycles. The van der Waals surface area contributed by atoms with Crippen molar-refractivity contribution in [1.82, 2.24) is 15.0 Å². The fourth-order valence-electron chi connectivity index (χ4n) is 2.01. The summed E-state index contributed by atoms with van der Waals surface area (Å²) in [4.78, 5) is 12.7. The molecule has 0 saturated carbocycles. The zero-order valence-corrected chi connectivity index (χ0v) is 10.7. The zero-order valence-electron chi connectivity index (χ0n) is 10.7. The summed E-state index contributed by atoms with van der Waals surface area (Å²) in [6, 6.07) is 9.98. The molecular formula is C15H14N4. The van der Waals surface area contributed by atoms with Crippen molar-refractivity contribution in [1.29, 1.82) is 0 Å². The van der Waals surface area contributed by atoms with Crippen molar-refractivity contribution >= 4 is 16.7 Å². The lowest BCUT2D eigenvalue weighted by Crippen LogP contribution is -2.04. The van der Waals surface area contributed by atoms with Crippen molar-refractivity contribution < 1.29 is 0 Å². The number of para-hydroxylation sites is 1. The lowest BCUT2D eigenvalue weighted by atomic mass is 10.1. The fourth-order valence-corrected chi connectivity index (χ4v) is 2.01. The molecule has 1 aromatic carbocycles. The van der Waals surface area contributed by atoms with Gasteiger partial charge in [-0.3, -0.25) is 4.98 Å². The molecule has 4 nitrogen and oxygen atoms in total. The summed E-state index contributed by atoms with van der Waals surface area (Å²) in [5.41, 5.74) is 3.34. The van der Waals surface area contributed by atoms with Gasteiger partial charge in [-0.2, -0.15) is 0 Å². The van der Waals surface area contributed by atoms with E-state index in [4.69, 9.17) is 0 Å². The quantitative estimate of drug-likeness (QED) is 0.776. The number of rotatable bonds is 3. The Morgan fingerprint density at radius 1 is 1.11 bits per heavy atom. The van der Waals surface area contributed by atoms with E-state index in [1.807, 2.05) is 36.5 Å². The molecular weight excluding hydrogens is 236 g/mol. The normalized spacial score (nSPS) is 10.6. The van der Waals surface area contributed by atoms with Crippen LogP contribution in [0.3, 0.4) is 0 Å². The lowest BCUT2D eigenvalue weighted by molar-refractivity contribution is 1.06. The number of benzene rings is 1. The van der Waals surface area contributed by atoms with E-state index >= 15 is 0 Å². The van der Waals surface area contributed by atoms with E-state index in [0.717, 1.165) is 16.7 Å². The third-order valence-electron chi connectivity index (χ3n) is 3.14. The topological polar surface area (TPSA) is 50.7 Å². The Hall–Kier alpha value is -2.49. The summed E-state index contributed by atoms with van der Waals surface area (Å²) < 4.78 is 0. The van der Waals surface area contributed by atoms with Crippen LogP contribution >= 0.6 is 0 Å². The second-order valence-corrected chi connectivity index (χ2v) is 4.40. The summed E-state index contributed by atoms with van der Waals surface area (Å²) >= 11 is 0. The molecule has 4 heteroatoms. The SMILES string of the molecule is Cc1ccncc1CNc1ncnc2ccccc12. The summed E-state index contributed by atoms with van der Waals surface area (Å²) in [6.45, 7) is 2.79. The van der Waals surface area contributed by atoms with Crippen molar-refractivity contribution in [2.75, 3.05) is 5.32 Å². The van der Waals surface area contributed by atoms with Gasteiger partial charge in [0.15, 0.2) is 0 Å². The highest BCUT2D eigenvalue weighted by molar-refractivity contribution is 5.88. The van der Waals surface area contributed by atoms with E-state index in [1.54, 1.807) is 12.5 Å². The minimum Gasteiger partial charge on any atom is -0.365 e. The van der Waals surface area contributed by atoms with Crippen molar-refractivity contribution in [2.24, 2.45) is 0 Å². The first-order chi connectivity index (χ1) is 9.34. The van der Waals surface area contributed by atoms with E-state index in [9.17, 15) is 0 Å². The van der Waals surface area contributed by atoms with E-state index < -0.39 is 0 Å². The van der Waals surface area contributed by atoms with Gasteiger partial charge in [-0.25, -0.2) is 9.97 Å². The van der Waals surface area contributed by atoms with Crippen LogP contribution in [0.1, 0.15) is 11.1 Å². The summed E-state index contributed by atoms with van der Waals surface area (Å²) in [5, 5.41) is 4.39. The fraction of sp³-hybridized carbons (Fsp3) is 0.133. The van der Waals surface area contributed by atoms with Crippen LogP contribution < -0.4 is 5.32 Å². The molecule has 0 aliphatic heterocycles. The van der Waals surface area contributed by atoms with Gasteiger partial charge in [-0.05, 0) is 36.2 Å². The molecule has 0 radical (unpaired) electrons. The molecule has 0 bridgehead atoms. The van der Waals surface area contributed by atoms with Crippen LogP contribution in [0.4, 0.5) is 5.82 Å².